The molecule has 0 spiro atoms. The van der Waals surface area contributed by atoms with Crippen molar-refractivity contribution in [3.8, 4) is 5.75 Å². The number of methoxy groups -OCH3 is 1. The van der Waals surface area contributed by atoms with E-state index in [1.807, 2.05) is 0 Å². The molecule has 2 rings (SSSR count). The largest absolute Gasteiger partial charge is 0.495 e. The molecule has 0 amide bonds. The van der Waals surface area contributed by atoms with Crippen LogP contribution in [-0.4, -0.2) is 21.6 Å². The van der Waals surface area contributed by atoms with Gasteiger partial charge in [-0.2, -0.15) is 4.98 Å². The minimum Gasteiger partial charge on any atom is -0.495 e. The van der Waals surface area contributed by atoms with Gasteiger partial charge in [-0.25, -0.2) is 4.79 Å². The highest BCUT2D eigenvalue weighted by Gasteiger charge is 2.10. The number of nitrogen functional groups attached to an aromatic ring is 1. The van der Waals surface area contributed by atoms with Crippen molar-refractivity contribution in [3.63, 3.8) is 0 Å². The van der Waals surface area contributed by atoms with E-state index >= 15 is 0 Å². The van der Waals surface area contributed by atoms with E-state index in [1.165, 1.54) is 7.11 Å². The van der Waals surface area contributed by atoms with Crippen LogP contribution in [0.1, 0.15) is 5.56 Å². The molecule has 0 saturated carbocycles. The fourth-order valence-corrected chi connectivity index (χ4v) is 1.73. The van der Waals surface area contributed by atoms with Gasteiger partial charge in [0.25, 0.3) is 0 Å². The Morgan fingerprint density at radius 3 is 2.85 bits per heavy atom. The van der Waals surface area contributed by atoms with Gasteiger partial charge in [0.15, 0.2) is 0 Å². The Balaban J connectivity index is 2.34. The third-order valence-electron chi connectivity index (χ3n) is 2.70. The SMILES string of the molecule is COc1ccc(Cn2cc([N+](=O)[O-])cnc2=O)cc1N. The number of anilines is 1. The van der Waals surface area contributed by atoms with Crippen molar-refractivity contribution >= 4 is 11.4 Å². The van der Waals surface area contributed by atoms with E-state index < -0.39 is 10.6 Å². The molecule has 20 heavy (non-hydrogen) atoms. The molecule has 0 unspecified atom stereocenters. The lowest BCUT2D eigenvalue weighted by Gasteiger charge is -2.08. The average molecular weight is 276 g/mol. The van der Waals surface area contributed by atoms with Gasteiger partial charge in [0.2, 0.25) is 0 Å². The Labute approximate surface area is 113 Å². The van der Waals surface area contributed by atoms with Gasteiger partial charge in [-0.3, -0.25) is 14.7 Å². The molecule has 0 fully saturated rings. The predicted molar refractivity (Wildman–Crippen MR) is 71.7 cm³/mol. The Morgan fingerprint density at radius 1 is 1.50 bits per heavy atom. The summed E-state index contributed by atoms with van der Waals surface area (Å²) >= 11 is 0. The molecule has 0 atom stereocenters. The maximum absolute atomic E-state index is 11.6. The number of nitrogens with two attached hydrogens (primary N) is 1. The molecular formula is C12H12N4O4. The van der Waals surface area contributed by atoms with Crippen molar-refractivity contribution in [2.24, 2.45) is 0 Å². The van der Waals surface area contributed by atoms with E-state index in [2.05, 4.69) is 4.98 Å². The smallest absolute Gasteiger partial charge is 0.348 e. The first-order valence-corrected chi connectivity index (χ1v) is 5.64. The highest BCUT2D eigenvalue weighted by molar-refractivity contribution is 5.54. The second-order valence-corrected chi connectivity index (χ2v) is 4.06. The van der Waals surface area contributed by atoms with Gasteiger partial charge >= 0.3 is 11.4 Å². The summed E-state index contributed by atoms with van der Waals surface area (Å²) in [6.45, 7) is 0.141. The van der Waals surface area contributed by atoms with Crippen LogP contribution in [0, 0.1) is 10.1 Å². The average Bonchev–Trinajstić information content (AvgIpc) is 2.41. The van der Waals surface area contributed by atoms with Crippen LogP contribution >= 0.6 is 0 Å². The number of hydrogen-bond acceptors (Lipinski definition) is 6. The maximum atomic E-state index is 11.6. The molecule has 2 N–H and O–H groups in total. The van der Waals surface area contributed by atoms with Crippen molar-refractivity contribution in [3.05, 3.63) is 56.8 Å². The van der Waals surface area contributed by atoms with Gasteiger partial charge in [0.1, 0.15) is 11.9 Å². The van der Waals surface area contributed by atoms with E-state index in [0.29, 0.717) is 17.0 Å². The van der Waals surface area contributed by atoms with Gasteiger partial charge in [0.05, 0.1) is 30.5 Å². The van der Waals surface area contributed by atoms with Crippen LogP contribution in [0.15, 0.2) is 35.4 Å². The quantitative estimate of drug-likeness (QED) is 0.501. The molecule has 2 aromatic rings. The first-order valence-electron chi connectivity index (χ1n) is 5.64. The fraction of sp³-hybridized carbons (Fsp3) is 0.167. The van der Waals surface area contributed by atoms with Gasteiger partial charge in [0, 0.05) is 0 Å². The molecule has 0 bridgehead atoms. The lowest BCUT2D eigenvalue weighted by atomic mass is 10.2. The molecule has 0 aliphatic heterocycles. The summed E-state index contributed by atoms with van der Waals surface area (Å²) < 4.78 is 6.18. The van der Waals surface area contributed by atoms with Crippen LogP contribution in [0.2, 0.25) is 0 Å². The molecule has 8 heteroatoms. The summed E-state index contributed by atoms with van der Waals surface area (Å²) in [5.74, 6) is 0.526. The van der Waals surface area contributed by atoms with Crippen LogP contribution in [0.4, 0.5) is 11.4 Å². The third-order valence-corrected chi connectivity index (χ3v) is 2.70. The Morgan fingerprint density at radius 2 is 2.25 bits per heavy atom. The second-order valence-electron chi connectivity index (χ2n) is 4.06. The number of ether oxygens (including phenoxy) is 1. The molecule has 0 saturated heterocycles. The first kappa shape index (κ1) is 13.5. The molecule has 0 aliphatic rings. The fourth-order valence-electron chi connectivity index (χ4n) is 1.73. The van der Waals surface area contributed by atoms with Crippen molar-refractivity contribution in [1.29, 1.82) is 0 Å². The Hall–Kier alpha value is -2.90. The van der Waals surface area contributed by atoms with Crippen LogP contribution < -0.4 is 16.2 Å². The molecule has 8 nitrogen and oxygen atoms in total. The normalized spacial score (nSPS) is 10.2. The predicted octanol–water partition coefficient (Wildman–Crippen LogP) is 0.791. The van der Waals surface area contributed by atoms with E-state index in [9.17, 15) is 14.9 Å². The molecular weight excluding hydrogens is 264 g/mol. The summed E-state index contributed by atoms with van der Waals surface area (Å²) in [7, 11) is 1.50. The van der Waals surface area contributed by atoms with Gasteiger partial charge < -0.3 is 10.5 Å². The Bertz CT molecular complexity index is 711. The third kappa shape index (κ3) is 2.74. The minimum atomic E-state index is -0.606. The monoisotopic (exact) mass is 276 g/mol. The summed E-state index contributed by atoms with van der Waals surface area (Å²) in [6, 6.07) is 5.03. The van der Waals surface area contributed by atoms with Gasteiger partial charge in [-0.05, 0) is 17.7 Å². The zero-order valence-electron chi connectivity index (χ0n) is 10.6. The summed E-state index contributed by atoms with van der Waals surface area (Å²) in [5, 5.41) is 10.7. The van der Waals surface area contributed by atoms with Crippen LogP contribution in [-0.2, 0) is 6.54 Å². The van der Waals surface area contributed by atoms with Crippen LogP contribution in [0.3, 0.4) is 0 Å². The van der Waals surface area contributed by atoms with Crippen molar-refractivity contribution < 1.29 is 9.66 Å². The number of benzene rings is 1. The van der Waals surface area contributed by atoms with Crippen LogP contribution in [0.5, 0.6) is 5.75 Å². The van der Waals surface area contributed by atoms with E-state index in [0.717, 1.165) is 17.0 Å². The number of nitrogens with zero attached hydrogens (tertiary/aromatic N) is 3. The van der Waals surface area contributed by atoms with Gasteiger partial charge in [-0.15, -0.1) is 0 Å². The Kier molecular flexibility index (Phi) is 3.65. The number of rotatable bonds is 4. The number of hydrogen-bond donors (Lipinski definition) is 1. The minimum absolute atomic E-state index is 0.141. The van der Waals surface area contributed by atoms with Crippen molar-refractivity contribution in [2.75, 3.05) is 12.8 Å². The zero-order chi connectivity index (χ0) is 14.7. The van der Waals surface area contributed by atoms with Gasteiger partial charge in [-0.1, -0.05) is 6.07 Å². The summed E-state index contributed by atoms with van der Waals surface area (Å²) in [5.41, 5.74) is 6.10. The molecule has 0 radical (unpaired) electrons. The summed E-state index contributed by atoms with van der Waals surface area (Å²) in [6.07, 6.45) is 2.08. The van der Waals surface area contributed by atoms with Crippen LogP contribution in [0.25, 0.3) is 0 Å². The molecule has 0 aliphatic carbocycles. The van der Waals surface area contributed by atoms with E-state index in [4.69, 9.17) is 10.5 Å². The first-order chi connectivity index (χ1) is 9.51. The molecule has 1 aromatic carbocycles. The lowest BCUT2D eigenvalue weighted by molar-refractivity contribution is -0.385. The highest BCUT2D eigenvalue weighted by Crippen LogP contribution is 2.22. The van der Waals surface area contributed by atoms with Crippen molar-refractivity contribution in [2.45, 2.75) is 6.54 Å². The lowest BCUT2D eigenvalue weighted by Crippen LogP contribution is -2.23. The second kappa shape index (κ2) is 5.39. The van der Waals surface area contributed by atoms with Crippen molar-refractivity contribution in [1.82, 2.24) is 9.55 Å². The summed E-state index contributed by atoms with van der Waals surface area (Å²) in [4.78, 5) is 25.1. The topological polar surface area (TPSA) is 113 Å². The van der Waals surface area contributed by atoms with E-state index in [1.54, 1.807) is 18.2 Å². The zero-order valence-corrected chi connectivity index (χ0v) is 10.6. The molecule has 1 aromatic heterocycles. The standard InChI is InChI=1S/C12H12N4O4/c1-20-11-3-2-8(4-10(11)13)6-15-7-9(16(18)19)5-14-12(15)17/h2-5,7H,6,13H2,1H3. The highest BCUT2D eigenvalue weighted by atomic mass is 16.6. The maximum Gasteiger partial charge on any atom is 0.348 e. The number of nitro groups is 1. The molecule has 1 heterocycles. The number of aromatic nitrogens is 2. The molecule has 104 valence electrons. The van der Waals surface area contributed by atoms with E-state index in [-0.39, 0.29) is 12.2 Å².